The van der Waals surface area contributed by atoms with Gasteiger partial charge in [0.15, 0.2) is 6.61 Å². The molecular weight excluding hydrogens is 355 g/mol. The Morgan fingerprint density at radius 2 is 1.92 bits per heavy atom. The predicted octanol–water partition coefficient (Wildman–Crippen LogP) is 3.03. The van der Waals surface area contributed by atoms with Crippen LogP contribution in [0.15, 0.2) is 24.3 Å². The van der Waals surface area contributed by atoms with Crippen LogP contribution in [0.1, 0.15) is 19.4 Å². The van der Waals surface area contributed by atoms with Gasteiger partial charge in [-0.05, 0) is 29.7 Å². The molecule has 0 aliphatic carbocycles. The molecule has 0 fully saturated rings. The summed E-state index contributed by atoms with van der Waals surface area (Å²) in [6.45, 7) is 3.72. The lowest BCUT2D eigenvalue weighted by Gasteiger charge is -2.08. The fourth-order valence-corrected chi connectivity index (χ4v) is 1.78. The minimum atomic E-state index is -0.723. The number of urea groups is 1. The molecular formula is C16H18Cl2N2O4. The third-order valence-electron chi connectivity index (χ3n) is 2.62. The topological polar surface area (TPSA) is 84.5 Å². The van der Waals surface area contributed by atoms with Crippen molar-refractivity contribution in [2.75, 3.05) is 13.2 Å². The van der Waals surface area contributed by atoms with E-state index in [4.69, 9.17) is 27.9 Å². The lowest BCUT2D eigenvalue weighted by Crippen LogP contribution is -2.42. The maximum absolute atomic E-state index is 11.5. The second-order valence-corrected chi connectivity index (χ2v) is 6.08. The molecule has 0 bridgehead atoms. The number of amides is 3. The maximum atomic E-state index is 11.5. The number of hydrogen-bond acceptors (Lipinski definition) is 4. The van der Waals surface area contributed by atoms with E-state index in [1.807, 2.05) is 13.8 Å². The first kappa shape index (κ1) is 20.0. The van der Waals surface area contributed by atoms with Crippen LogP contribution in [0, 0.1) is 5.92 Å². The van der Waals surface area contributed by atoms with E-state index in [-0.39, 0.29) is 5.92 Å². The zero-order chi connectivity index (χ0) is 18.1. The second-order valence-electron chi connectivity index (χ2n) is 5.27. The van der Waals surface area contributed by atoms with Gasteiger partial charge in [-0.2, -0.15) is 0 Å². The first-order valence-corrected chi connectivity index (χ1v) is 7.91. The molecule has 0 aliphatic heterocycles. The molecule has 130 valence electrons. The Morgan fingerprint density at radius 1 is 1.21 bits per heavy atom. The number of carbonyl (C=O) groups is 3. The van der Waals surface area contributed by atoms with E-state index in [1.54, 1.807) is 18.2 Å². The molecule has 0 saturated carbocycles. The van der Waals surface area contributed by atoms with Gasteiger partial charge >= 0.3 is 12.0 Å². The zero-order valence-electron chi connectivity index (χ0n) is 13.3. The van der Waals surface area contributed by atoms with Crippen LogP contribution in [0.25, 0.3) is 6.08 Å². The molecule has 2 N–H and O–H groups in total. The molecule has 6 nitrogen and oxygen atoms in total. The smallest absolute Gasteiger partial charge is 0.331 e. The van der Waals surface area contributed by atoms with E-state index in [9.17, 15) is 14.4 Å². The lowest BCUT2D eigenvalue weighted by atomic mass is 10.2. The summed E-state index contributed by atoms with van der Waals surface area (Å²) in [6, 6.07) is 4.22. The van der Waals surface area contributed by atoms with E-state index in [2.05, 4.69) is 10.6 Å². The van der Waals surface area contributed by atoms with Crippen molar-refractivity contribution in [2.24, 2.45) is 5.92 Å². The number of benzene rings is 1. The van der Waals surface area contributed by atoms with Crippen molar-refractivity contribution in [2.45, 2.75) is 13.8 Å². The van der Waals surface area contributed by atoms with Crippen molar-refractivity contribution in [3.63, 3.8) is 0 Å². The van der Waals surface area contributed by atoms with E-state index < -0.39 is 24.5 Å². The Bertz CT molecular complexity index is 645. The standard InChI is InChI=1S/C16H18Cl2N2O4/c1-10(2)8-19-16(23)20-14(21)9-24-15(22)6-4-11-3-5-12(17)13(18)7-11/h3-7,10H,8-9H2,1-2H3,(H2,19,20,21,23)/b6-4+. The first-order valence-electron chi connectivity index (χ1n) is 7.15. The number of halogens is 2. The Hall–Kier alpha value is -2.05. The predicted molar refractivity (Wildman–Crippen MR) is 92.8 cm³/mol. The third-order valence-corrected chi connectivity index (χ3v) is 3.36. The van der Waals surface area contributed by atoms with Crippen LogP contribution in [-0.4, -0.2) is 31.1 Å². The van der Waals surface area contributed by atoms with Gasteiger partial charge in [-0.15, -0.1) is 0 Å². The molecule has 0 atom stereocenters. The SMILES string of the molecule is CC(C)CNC(=O)NC(=O)COC(=O)/C=C/c1ccc(Cl)c(Cl)c1. The van der Waals surface area contributed by atoms with Gasteiger partial charge in [0.2, 0.25) is 0 Å². The first-order chi connectivity index (χ1) is 11.3. The van der Waals surface area contributed by atoms with Crippen molar-refractivity contribution in [1.29, 1.82) is 0 Å². The van der Waals surface area contributed by atoms with Crippen molar-refractivity contribution < 1.29 is 19.1 Å². The quantitative estimate of drug-likeness (QED) is 0.593. The Balaban J connectivity index is 2.37. The van der Waals surface area contributed by atoms with E-state index in [0.717, 1.165) is 6.08 Å². The van der Waals surface area contributed by atoms with Crippen LogP contribution in [0.2, 0.25) is 10.0 Å². The van der Waals surface area contributed by atoms with Crippen LogP contribution in [-0.2, 0) is 14.3 Å². The minimum absolute atomic E-state index is 0.259. The fourth-order valence-electron chi connectivity index (χ4n) is 1.47. The molecule has 8 heteroatoms. The van der Waals surface area contributed by atoms with Gasteiger partial charge in [-0.3, -0.25) is 10.1 Å². The molecule has 1 aromatic carbocycles. The van der Waals surface area contributed by atoms with Crippen LogP contribution in [0.4, 0.5) is 4.79 Å². The van der Waals surface area contributed by atoms with Crippen LogP contribution >= 0.6 is 23.2 Å². The fraction of sp³-hybridized carbons (Fsp3) is 0.312. The van der Waals surface area contributed by atoms with Gasteiger partial charge in [-0.1, -0.05) is 43.1 Å². The monoisotopic (exact) mass is 372 g/mol. The average Bonchev–Trinajstić information content (AvgIpc) is 2.52. The minimum Gasteiger partial charge on any atom is -0.452 e. The highest BCUT2D eigenvalue weighted by Crippen LogP contribution is 2.23. The van der Waals surface area contributed by atoms with Gasteiger partial charge in [-0.25, -0.2) is 9.59 Å². The van der Waals surface area contributed by atoms with E-state index >= 15 is 0 Å². The molecule has 0 radical (unpaired) electrons. The van der Waals surface area contributed by atoms with Crippen LogP contribution in [0.5, 0.6) is 0 Å². The molecule has 1 aromatic rings. The van der Waals surface area contributed by atoms with Crippen molar-refractivity contribution in [3.8, 4) is 0 Å². The molecule has 0 saturated heterocycles. The molecule has 3 amide bonds. The molecule has 0 spiro atoms. The summed E-state index contributed by atoms with van der Waals surface area (Å²) in [7, 11) is 0. The number of hydrogen-bond donors (Lipinski definition) is 2. The summed E-state index contributed by atoms with van der Waals surface area (Å²) >= 11 is 11.6. The Labute approximate surface area is 150 Å². The van der Waals surface area contributed by atoms with Gasteiger partial charge in [0.25, 0.3) is 5.91 Å². The Morgan fingerprint density at radius 3 is 2.54 bits per heavy atom. The largest absolute Gasteiger partial charge is 0.452 e. The van der Waals surface area contributed by atoms with Crippen LogP contribution < -0.4 is 10.6 Å². The van der Waals surface area contributed by atoms with Gasteiger partial charge < -0.3 is 10.1 Å². The number of esters is 1. The summed E-state index contributed by atoms with van der Waals surface area (Å²) < 4.78 is 4.73. The summed E-state index contributed by atoms with van der Waals surface area (Å²) in [6.07, 6.45) is 2.61. The second kappa shape index (κ2) is 9.95. The number of imide groups is 1. The number of rotatable bonds is 6. The van der Waals surface area contributed by atoms with Crippen molar-refractivity contribution in [3.05, 3.63) is 39.9 Å². The van der Waals surface area contributed by atoms with Crippen molar-refractivity contribution in [1.82, 2.24) is 10.6 Å². The van der Waals surface area contributed by atoms with Crippen LogP contribution in [0.3, 0.4) is 0 Å². The number of ether oxygens (including phenoxy) is 1. The summed E-state index contributed by atoms with van der Waals surface area (Å²) in [4.78, 5) is 34.3. The summed E-state index contributed by atoms with van der Waals surface area (Å²) in [5.41, 5.74) is 0.652. The molecule has 0 heterocycles. The maximum Gasteiger partial charge on any atom is 0.331 e. The molecule has 0 aromatic heterocycles. The normalized spacial score (nSPS) is 10.7. The molecule has 24 heavy (non-hydrogen) atoms. The lowest BCUT2D eigenvalue weighted by molar-refractivity contribution is -0.143. The highest BCUT2D eigenvalue weighted by Gasteiger charge is 2.09. The highest BCUT2D eigenvalue weighted by atomic mass is 35.5. The van der Waals surface area contributed by atoms with E-state index in [1.165, 1.54) is 6.08 Å². The molecule has 1 rings (SSSR count). The van der Waals surface area contributed by atoms with Gasteiger partial charge in [0.05, 0.1) is 10.0 Å². The third kappa shape index (κ3) is 7.99. The van der Waals surface area contributed by atoms with E-state index in [0.29, 0.717) is 22.2 Å². The number of nitrogens with one attached hydrogen (secondary N) is 2. The average molecular weight is 373 g/mol. The Kier molecular flexibility index (Phi) is 8.29. The number of carbonyl (C=O) groups excluding carboxylic acids is 3. The molecule has 0 unspecified atom stereocenters. The molecule has 0 aliphatic rings. The summed E-state index contributed by atoms with van der Waals surface area (Å²) in [5, 5.41) is 5.33. The zero-order valence-corrected chi connectivity index (χ0v) is 14.8. The summed E-state index contributed by atoms with van der Waals surface area (Å²) in [5.74, 6) is -1.18. The van der Waals surface area contributed by atoms with Crippen molar-refractivity contribution >= 4 is 47.2 Å². The van der Waals surface area contributed by atoms with Gasteiger partial charge in [0.1, 0.15) is 0 Å². The highest BCUT2D eigenvalue weighted by molar-refractivity contribution is 6.42. The van der Waals surface area contributed by atoms with Gasteiger partial charge in [0, 0.05) is 12.6 Å².